The third kappa shape index (κ3) is 6.85. The topological polar surface area (TPSA) is 113 Å². The maximum absolute atomic E-state index is 12.7. The fourth-order valence-corrected chi connectivity index (χ4v) is 3.47. The summed E-state index contributed by atoms with van der Waals surface area (Å²) < 4.78 is 11.7. The first kappa shape index (κ1) is 25.7. The van der Waals surface area contributed by atoms with E-state index in [0.29, 0.717) is 48.0 Å². The molecule has 190 valence electrons. The average molecular weight is 501 g/mol. The third-order valence-corrected chi connectivity index (χ3v) is 5.58. The summed E-state index contributed by atoms with van der Waals surface area (Å²) >= 11 is 0. The summed E-state index contributed by atoms with van der Waals surface area (Å²) in [6.07, 6.45) is 2.19. The van der Waals surface area contributed by atoms with Gasteiger partial charge < -0.3 is 30.1 Å². The number of aliphatic hydroxyl groups is 1. The molecule has 1 aromatic heterocycles. The molecule has 3 aromatic rings. The van der Waals surface area contributed by atoms with Gasteiger partial charge in [-0.1, -0.05) is 30.0 Å². The van der Waals surface area contributed by atoms with Gasteiger partial charge in [-0.05, 0) is 43.3 Å². The van der Waals surface area contributed by atoms with Crippen molar-refractivity contribution >= 4 is 18.0 Å². The Morgan fingerprint density at radius 1 is 1.22 bits per heavy atom. The van der Waals surface area contributed by atoms with E-state index in [-0.39, 0.29) is 24.2 Å². The molecule has 37 heavy (non-hydrogen) atoms. The molecule has 9 heteroatoms. The molecule has 0 saturated carbocycles. The number of aromatic nitrogens is 1. The van der Waals surface area contributed by atoms with Crippen LogP contribution in [0.4, 0.5) is 5.69 Å². The molecule has 1 fully saturated rings. The lowest BCUT2D eigenvalue weighted by Gasteiger charge is -2.32. The van der Waals surface area contributed by atoms with Gasteiger partial charge in [0.05, 0.1) is 11.7 Å². The summed E-state index contributed by atoms with van der Waals surface area (Å²) in [5.41, 5.74) is 0.350. The summed E-state index contributed by atoms with van der Waals surface area (Å²) in [6, 6.07) is 17.3. The van der Waals surface area contributed by atoms with E-state index in [1.807, 2.05) is 30.3 Å². The van der Waals surface area contributed by atoms with E-state index in [0.717, 1.165) is 0 Å². The molecule has 2 aromatic carbocycles. The number of carbonyl (C=O) groups is 2. The van der Waals surface area contributed by atoms with Crippen molar-refractivity contribution in [3.63, 3.8) is 0 Å². The van der Waals surface area contributed by atoms with E-state index >= 15 is 0 Å². The van der Waals surface area contributed by atoms with Gasteiger partial charge in [-0.2, -0.15) is 0 Å². The SMILES string of the molecule is C[C@H](COc1ccc(C#CC2(O)CNC2)cc1N(C)C=O)NC(=O)c1cc(Oc2ccccc2)ccn1. The molecule has 4 rings (SSSR count). The van der Waals surface area contributed by atoms with Gasteiger partial charge >= 0.3 is 0 Å². The van der Waals surface area contributed by atoms with E-state index in [9.17, 15) is 14.7 Å². The molecule has 1 aliphatic rings. The van der Waals surface area contributed by atoms with Gasteiger partial charge in [0.15, 0.2) is 0 Å². The highest BCUT2D eigenvalue weighted by Gasteiger charge is 2.31. The van der Waals surface area contributed by atoms with Crippen molar-refractivity contribution in [3.05, 3.63) is 78.1 Å². The van der Waals surface area contributed by atoms with E-state index < -0.39 is 5.60 Å². The van der Waals surface area contributed by atoms with Crippen LogP contribution in [0.2, 0.25) is 0 Å². The van der Waals surface area contributed by atoms with Crippen molar-refractivity contribution < 1.29 is 24.2 Å². The molecule has 2 amide bonds. The van der Waals surface area contributed by atoms with Crippen molar-refractivity contribution in [2.75, 3.05) is 31.6 Å². The zero-order valence-electron chi connectivity index (χ0n) is 20.6. The second kappa shape index (κ2) is 11.6. The number of nitrogens with zero attached hydrogens (tertiary/aromatic N) is 2. The van der Waals surface area contributed by atoms with Gasteiger partial charge in [0.1, 0.15) is 35.2 Å². The summed E-state index contributed by atoms with van der Waals surface area (Å²) in [7, 11) is 1.61. The normalized spacial score (nSPS) is 14.2. The van der Waals surface area contributed by atoms with Crippen molar-refractivity contribution in [3.8, 4) is 29.1 Å². The number of anilines is 1. The molecule has 1 atom stereocenters. The summed E-state index contributed by atoms with van der Waals surface area (Å²) in [6.45, 7) is 2.80. The number of pyridine rings is 1. The third-order valence-electron chi connectivity index (χ3n) is 5.58. The predicted molar refractivity (Wildman–Crippen MR) is 139 cm³/mol. The Balaban J connectivity index is 1.38. The molecular weight excluding hydrogens is 472 g/mol. The van der Waals surface area contributed by atoms with E-state index in [2.05, 4.69) is 27.5 Å². The minimum Gasteiger partial charge on any atom is -0.489 e. The number of hydrogen-bond acceptors (Lipinski definition) is 7. The Hall–Kier alpha value is -4.39. The molecule has 0 bridgehead atoms. The molecule has 3 N–H and O–H groups in total. The molecule has 0 spiro atoms. The van der Waals surface area contributed by atoms with Crippen LogP contribution in [-0.2, 0) is 4.79 Å². The quantitative estimate of drug-likeness (QED) is 0.305. The van der Waals surface area contributed by atoms with Crippen molar-refractivity contribution in [2.45, 2.75) is 18.6 Å². The number of rotatable bonds is 9. The van der Waals surface area contributed by atoms with E-state index in [1.165, 1.54) is 11.1 Å². The first-order chi connectivity index (χ1) is 17.8. The second-order valence-corrected chi connectivity index (χ2v) is 8.76. The smallest absolute Gasteiger partial charge is 0.270 e. The highest BCUT2D eigenvalue weighted by Crippen LogP contribution is 2.28. The number of benzene rings is 2. The minimum absolute atomic E-state index is 0.155. The summed E-state index contributed by atoms with van der Waals surface area (Å²) in [4.78, 5) is 29.7. The van der Waals surface area contributed by atoms with Crippen LogP contribution in [0.3, 0.4) is 0 Å². The zero-order chi connectivity index (χ0) is 26.3. The van der Waals surface area contributed by atoms with Gasteiger partial charge in [0.25, 0.3) is 5.91 Å². The predicted octanol–water partition coefficient (Wildman–Crippen LogP) is 2.35. The molecule has 0 unspecified atom stereocenters. The number of nitrogens with one attached hydrogen (secondary N) is 2. The summed E-state index contributed by atoms with van der Waals surface area (Å²) in [5, 5.41) is 16.0. The number of ether oxygens (including phenoxy) is 2. The standard InChI is InChI=1S/C28H28N4O5/c1-20(31-27(34)24-15-23(11-13-30-24)37-22-6-4-3-5-7-22)16-36-26-9-8-21(14-25(26)32(2)19-33)10-12-28(35)17-29-18-28/h3-9,11,13-15,19-20,29,35H,16-18H2,1-2H3,(H,31,34)/t20-/m1/s1. The van der Waals surface area contributed by atoms with E-state index in [1.54, 1.807) is 44.3 Å². The van der Waals surface area contributed by atoms with Gasteiger partial charge in [0, 0.05) is 38.0 Å². The van der Waals surface area contributed by atoms with Gasteiger partial charge in [-0.25, -0.2) is 0 Å². The lowest BCUT2D eigenvalue weighted by Crippen LogP contribution is -2.58. The van der Waals surface area contributed by atoms with Crippen LogP contribution >= 0.6 is 0 Å². The monoisotopic (exact) mass is 500 g/mol. The number of hydrogen-bond donors (Lipinski definition) is 3. The first-order valence-electron chi connectivity index (χ1n) is 11.8. The molecule has 0 radical (unpaired) electrons. The molecule has 2 heterocycles. The second-order valence-electron chi connectivity index (χ2n) is 8.76. The van der Waals surface area contributed by atoms with Crippen LogP contribution in [0.1, 0.15) is 23.0 Å². The highest BCUT2D eigenvalue weighted by molar-refractivity contribution is 5.92. The number of β-amino-alcohol motifs (C(OH)–C–C–N with tert-alkyl or cyclic N) is 1. The lowest BCUT2D eigenvalue weighted by molar-refractivity contribution is -0.107. The van der Waals surface area contributed by atoms with Crippen molar-refractivity contribution in [2.24, 2.45) is 0 Å². The maximum Gasteiger partial charge on any atom is 0.270 e. The minimum atomic E-state index is -1.03. The Morgan fingerprint density at radius 2 is 2.00 bits per heavy atom. The van der Waals surface area contributed by atoms with Crippen LogP contribution in [-0.4, -0.2) is 60.8 Å². The first-order valence-corrected chi connectivity index (χ1v) is 11.8. The highest BCUT2D eigenvalue weighted by atomic mass is 16.5. The fourth-order valence-electron chi connectivity index (χ4n) is 3.47. The molecule has 1 saturated heterocycles. The van der Waals surface area contributed by atoms with Crippen molar-refractivity contribution in [1.29, 1.82) is 0 Å². The number of para-hydroxylation sites is 1. The van der Waals surface area contributed by atoms with Gasteiger partial charge in [-0.3, -0.25) is 14.6 Å². The lowest BCUT2D eigenvalue weighted by atomic mass is 9.98. The maximum atomic E-state index is 12.7. The van der Waals surface area contributed by atoms with Crippen molar-refractivity contribution in [1.82, 2.24) is 15.6 Å². The summed E-state index contributed by atoms with van der Waals surface area (Å²) in [5.74, 6) is 7.06. The van der Waals surface area contributed by atoms with Crippen LogP contribution in [0.5, 0.6) is 17.2 Å². The Kier molecular flexibility index (Phi) is 8.03. The fraction of sp³-hybridized carbons (Fsp3) is 0.250. The Bertz CT molecular complexity index is 1310. The van der Waals surface area contributed by atoms with Crippen LogP contribution in [0.15, 0.2) is 66.9 Å². The molecule has 9 nitrogen and oxygen atoms in total. The van der Waals surface area contributed by atoms with E-state index in [4.69, 9.17) is 9.47 Å². The Labute approximate surface area is 215 Å². The van der Waals surface area contributed by atoms with Gasteiger partial charge in [0.2, 0.25) is 6.41 Å². The molecular formula is C28H28N4O5. The van der Waals surface area contributed by atoms with Crippen LogP contribution in [0, 0.1) is 11.8 Å². The van der Waals surface area contributed by atoms with Crippen LogP contribution in [0.25, 0.3) is 0 Å². The average Bonchev–Trinajstić information content (AvgIpc) is 2.90. The van der Waals surface area contributed by atoms with Gasteiger partial charge in [-0.15, -0.1) is 0 Å². The van der Waals surface area contributed by atoms with Crippen LogP contribution < -0.4 is 25.0 Å². The largest absolute Gasteiger partial charge is 0.489 e. The number of carbonyl (C=O) groups excluding carboxylic acids is 2. The molecule has 1 aliphatic heterocycles. The molecule has 0 aliphatic carbocycles. The Morgan fingerprint density at radius 3 is 2.70 bits per heavy atom. The zero-order valence-corrected chi connectivity index (χ0v) is 20.6. The number of amides is 2.